The summed E-state index contributed by atoms with van der Waals surface area (Å²) in [7, 11) is 0. The topological polar surface area (TPSA) is 61.0 Å². The molecule has 0 amide bonds. The van der Waals surface area contributed by atoms with Gasteiger partial charge in [-0.2, -0.15) is 9.36 Å². The van der Waals surface area contributed by atoms with Crippen LogP contribution in [0.3, 0.4) is 0 Å². The maximum Gasteiger partial charge on any atom is 0.293 e. The number of hydrogen-bond donors (Lipinski definition) is 1. The predicted molar refractivity (Wildman–Crippen MR) is 67.3 cm³/mol. The number of ether oxygens (including phenoxy) is 1. The summed E-state index contributed by atoms with van der Waals surface area (Å²) in [5.41, 5.74) is 5.76. The van der Waals surface area contributed by atoms with Crippen LogP contribution in [-0.4, -0.2) is 22.5 Å². The Morgan fingerprint density at radius 1 is 1.24 bits per heavy atom. The molecule has 0 spiro atoms. The van der Waals surface area contributed by atoms with Gasteiger partial charge in [0.05, 0.1) is 6.61 Å². The zero-order valence-corrected chi connectivity index (χ0v) is 10.8. The van der Waals surface area contributed by atoms with Gasteiger partial charge in [-0.3, -0.25) is 0 Å². The SMILES string of the molecule is NCC1CCCC1COc1nc(C2CC2)ns1. The largest absolute Gasteiger partial charge is 0.469 e. The lowest BCUT2D eigenvalue weighted by Gasteiger charge is -2.16. The fourth-order valence-electron chi connectivity index (χ4n) is 2.61. The van der Waals surface area contributed by atoms with Crippen LogP contribution in [0.2, 0.25) is 0 Å². The lowest BCUT2D eigenvalue weighted by molar-refractivity contribution is 0.216. The molecule has 1 heterocycles. The number of aromatic nitrogens is 2. The Morgan fingerprint density at radius 2 is 2.06 bits per heavy atom. The second kappa shape index (κ2) is 4.90. The fourth-order valence-corrected chi connectivity index (χ4v) is 3.22. The van der Waals surface area contributed by atoms with E-state index >= 15 is 0 Å². The van der Waals surface area contributed by atoms with Crippen molar-refractivity contribution in [2.24, 2.45) is 17.6 Å². The Labute approximate surface area is 106 Å². The summed E-state index contributed by atoms with van der Waals surface area (Å²) in [6, 6.07) is 0. The molecule has 0 saturated heterocycles. The highest BCUT2D eigenvalue weighted by Crippen LogP contribution is 2.39. The fraction of sp³-hybridized carbons (Fsp3) is 0.833. The third-order valence-electron chi connectivity index (χ3n) is 3.91. The van der Waals surface area contributed by atoms with Crippen molar-refractivity contribution in [2.45, 2.75) is 38.0 Å². The molecular weight excluding hydrogens is 234 g/mol. The smallest absolute Gasteiger partial charge is 0.293 e. The highest BCUT2D eigenvalue weighted by Gasteiger charge is 2.29. The van der Waals surface area contributed by atoms with Gasteiger partial charge in [0.25, 0.3) is 5.19 Å². The van der Waals surface area contributed by atoms with E-state index < -0.39 is 0 Å². The summed E-state index contributed by atoms with van der Waals surface area (Å²) in [4.78, 5) is 4.44. The number of hydrogen-bond acceptors (Lipinski definition) is 5. The minimum atomic E-state index is 0.617. The van der Waals surface area contributed by atoms with Gasteiger partial charge in [-0.05, 0) is 44.1 Å². The second-order valence-electron chi connectivity index (χ2n) is 5.19. The van der Waals surface area contributed by atoms with Crippen molar-refractivity contribution < 1.29 is 4.74 Å². The van der Waals surface area contributed by atoms with Crippen LogP contribution in [0.1, 0.15) is 43.8 Å². The van der Waals surface area contributed by atoms with Gasteiger partial charge in [0, 0.05) is 17.5 Å². The summed E-state index contributed by atoms with van der Waals surface area (Å²) in [6.45, 7) is 1.55. The summed E-state index contributed by atoms with van der Waals surface area (Å²) in [6.07, 6.45) is 6.28. The Balaban J connectivity index is 1.52. The van der Waals surface area contributed by atoms with Gasteiger partial charge in [-0.15, -0.1) is 0 Å². The number of rotatable bonds is 5. The molecule has 5 heteroatoms. The first-order chi connectivity index (χ1) is 8.36. The molecule has 1 aromatic heterocycles. The Morgan fingerprint density at radius 3 is 2.82 bits per heavy atom. The van der Waals surface area contributed by atoms with Crippen LogP contribution < -0.4 is 10.5 Å². The van der Waals surface area contributed by atoms with Crippen LogP contribution >= 0.6 is 11.5 Å². The van der Waals surface area contributed by atoms with E-state index in [2.05, 4.69) is 9.36 Å². The molecule has 0 bridgehead atoms. The average Bonchev–Trinajstić information content (AvgIpc) is 2.93. The van der Waals surface area contributed by atoms with E-state index in [-0.39, 0.29) is 0 Å². The third-order valence-corrected chi connectivity index (χ3v) is 4.55. The predicted octanol–water partition coefficient (Wildman–Crippen LogP) is 2.17. The molecule has 3 rings (SSSR count). The monoisotopic (exact) mass is 253 g/mol. The van der Waals surface area contributed by atoms with Crippen molar-refractivity contribution in [1.82, 2.24) is 9.36 Å². The maximum absolute atomic E-state index is 5.77. The van der Waals surface area contributed by atoms with Crippen molar-refractivity contribution in [3.63, 3.8) is 0 Å². The van der Waals surface area contributed by atoms with Crippen molar-refractivity contribution >= 4 is 11.5 Å². The molecular formula is C12H19N3OS. The molecule has 0 aliphatic heterocycles. The molecule has 2 saturated carbocycles. The van der Waals surface area contributed by atoms with Gasteiger partial charge in [-0.1, -0.05) is 6.42 Å². The standard InChI is InChI=1S/C12H19N3OS/c13-6-9-2-1-3-10(9)7-16-12-14-11(15-17-12)8-4-5-8/h8-10H,1-7,13H2. The van der Waals surface area contributed by atoms with Crippen LogP contribution in [-0.2, 0) is 0 Å². The van der Waals surface area contributed by atoms with Crippen molar-refractivity contribution in [1.29, 1.82) is 0 Å². The van der Waals surface area contributed by atoms with Gasteiger partial charge in [0.15, 0.2) is 0 Å². The Hall–Kier alpha value is -0.680. The van der Waals surface area contributed by atoms with E-state index in [1.54, 1.807) is 0 Å². The summed E-state index contributed by atoms with van der Waals surface area (Å²) in [5, 5.41) is 0.745. The zero-order valence-electron chi connectivity index (χ0n) is 9.97. The molecule has 1 aromatic rings. The lowest BCUT2D eigenvalue weighted by atomic mass is 9.97. The van der Waals surface area contributed by atoms with E-state index in [1.165, 1.54) is 43.6 Å². The van der Waals surface area contributed by atoms with E-state index in [1.807, 2.05) is 0 Å². The van der Waals surface area contributed by atoms with Crippen molar-refractivity contribution in [2.75, 3.05) is 13.2 Å². The molecule has 2 fully saturated rings. The first-order valence-electron chi connectivity index (χ1n) is 6.53. The highest BCUT2D eigenvalue weighted by atomic mass is 32.1. The van der Waals surface area contributed by atoms with Crippen molar-refractivity contribution in [3.8, 4) is 5.19 Å². The van der Waals surface area contributed by atoms with E-state index in [0.717, 1.165) is 24.2 Å². The molecule has 17 heavy (non-hydrogen) atoms. The summed E-state index contributed by atoms with van der Waals surface area (Å²) >= 11 is 1.40. The average molecular weight is 253 g/mol. The van der Waals surface area contributed by atoms with Gasteiger partial charge in [0.1, 0.15) is 5.82 Å². The maximum atomic E-state index is 5.77. The molecule has 94 valence electrons. The number of nitrogens with zero attached hydrogens (tertiary/aromatic N) is 2. The Kier molecular flexibility index (Phi) is 3.29. The zero-order chi connectivity index (χ0) is 11.7. The molecule has 2 unspecified atom stereocenters. The molecule has 2 aliphatic rings. The minimum absolute atomic E-state index is 0.617. The molecule has 0 radical (unpaired) electrons. The van der Waals surface area contributed by atoms with Crippen LogP contribution in [0.25, 0.3) is 0 Å². The van der Waals surface area contributed by atoms with E-state index in [0.29, 0.717) is 17.8 Å². The quantitative estimate of drug-likeness (QED) is 0.873. The second-order valence-corrected chi connectivity index (χ2v) is 5.90. The van der Waals surface area contributed by atoms with E-state index in [9.17, 15) is 0 Å². The van der Waals surface area contributed by atoms with Crippen LogP contribution in [0.5, 0.6) is 5.19 Å². The molecule has 2 aliphatic carbocycles. The normalized spacial score (nSPS) is 28.5. The summed E-state index contributed by atoms with van der Waals surface area (Å²) in [5.74, 6) is 2.87. The van der Waals surface area contributed by atoms with E-state index in [4.69, 9.17) is 10.5 Å². The minimum Gasteiger partial charge on any atom is -0.469 e. The molecule has 2 atom stereocenters. The number of nitrogens with two attached hydrogens (primary N) is 1. The highest BCUT2D eigenvalue weighted by molar-refractivity contribution is 7.07. The lowest BCUT2D eigenvalue weighted by Crippen LogP contribution is -2.23. The van der Waals surface area contributed by atoms with Crippen LogP contribution in [0.4, 0.5) is 0 Å². The molecule has 2 N–H and O–H groups in total. The molecule has 4 nitrogen and oxygen atoms in total. The molecule has 0 aromatic carbocycles. The third kappa shape index (κ3) is 2.60. The van der Waals surface area contributed by atoms with Gasteiger partial charge < -0.3 is 10.5 Å². The first-order valence-corrected chi connectivity index (χ1v) is 7.30. The van der Waals surface area contributed by atoms with Crippen LogP contribution in [0, 0.1) is 11.8 Å². The van der Waals surface area contributed by atoms with Gasteiger partial charge in [-0.25, -0.2) is 0 Å². The van der Waals surface area contributed by atoms with Gasteiger partial charge in [0.2, 0.25) is 0 Å². The first kappa shape index (κ1) is 11.4. The van der Waals surface area contributed by atoms with Gasteiger partial charge >= 0.3 is 0 Å². The summed E-state index contributed by atoms with van der Waals surface area (Å²) < 4.78 is 10.1. The Bertz CT molecular complexity index is 378. The van der Waals surface area contributed by atoms with Crippen molar-refractivity contribution in [3.05, 3.63) is 5.82 Å². The van der Waals surface area contributed by atoms with Crippen LogP contribution in [0.15, 0.2) is 0 Å².